The van der Waals surface area contributed by atoms with Gasteiger partial charge in [-0.1, -0.05) is 13.8 Å². The first-order valence-electron chi connectivity index (χ1n) is 6.18. The molecule has 3 atom stereocenters. The SMILES string of the molecule is CC1CCC(NC(=O)c2cc(N)n[nH]2)C(C)C1. The number of carbonyl (C=O) groups excluding carboxylic acids is 1. The number of aromatic amines is 1. The molecule has 4 N–H and O–H groups in total. The molecule has 1 amide bonds. The molecule has 5 nitrogen and oxygen atoms in total. The number of carbonyl (C=O) groups is 1. The molecule has 1 saturated carbocycles. The van der Waals surface area contributed by atoms with Crippen molar-refractivity contribution in [1.29, 1.82) is 0 Å². The Hall–Kier alpha value is -1.52. The van der Waals surface area contributed by atoms with Gasteiger partial charge in [-0.2, -0.15) is 5.10 Å². The Morgan fingerprint density at radius 3 is 2.88 bits per heavy atom. The molecular weight excluding hydrogens is 216 g/mol. The van der Waals surface area contributed by atoms with Crippen LogP contribution < -0.4 is 11.1 Å². The van der Waals surface area contributed by atoms with E-state index >= 15 is 0 Å². The third kappa shape index (κ3) is 2.78. The molecule has 0 aromatic carbocycles. The first-order valence-corrected chi connectivity index (χ1v) is 6.18. The minimum absolute atomic E-state index is 0.111. The number of nitrogens with two attached hydrogens (primary N) is 1. The van der Waals surface area contributed by atoms with Crippen molar-refractivity contribution in [3.05, 3.63) is 11.8 Å². The molecule has 5 heteroatoms. The molecule has 0 aliphatic heterocycles. The Bertz CT molecular complexity index is 401. The van der Waals surface area contributed by atoms with Gasteiger partial charge in [0.05, 0.1) is 0 Å². The lowest BCUT2D eigenvalue weighted by atomic mass is 9.80. The van der Waals surface area contributed by atoms with Crippen molar-refractivity contribution in [1.82, 2.24) is 15.5 Å². The number of nitrogens with one attached hydrogen (secondary N) is 2. The number of H-pyrrole nitrogens is 1. The van der Waals surface area contributed by atoms with Crippen LogP contribution in [0.5, 0.6) is 0 Å². The minimum atomic E-state index is -0.111. The summed E-state index contributed by atoms with van der Waals surface area (Å²) >= 11 is 0. The van der Waals surface area contributed by atoms with Gasteiger partial charge in [0.1, 0.15) is 11.5 Å². The smallest absolute Gasteiger partial charge is 0.269 e. The van der Waals surface area contributed by atoms with Crippen LogP contribution in [0.1, 0.15) is 43.6 Å². The van der Waals surface area contributed by atoms with Gasteiger partial charge in [0.2, 0.25) is 0 Å². The summed E-state index contributed by atoms with van der Waals surface area (Å²) in [6.07, 6.45) is 3.41. The largest absolute Gasteiger partial charge is 0.382 e. The first-order chi connectivity index (χ1) is 8.06. The molecule has 1 aliphatic carbocycles. The second kappa shape index (κ2) is 4.77. The zero-order valence-electron chi connectivity index (χ0n) is 10.4. The number of aromatic nitrogens is 2. The lowest BCUT2D eigenvalue weighted by Crippen LogP contribution is -2.42. The molecule has 1 fully saturated rings. The maximum Gasteiger partial charge on any atom is 0.269 e. The molecular formula is C12H20N4O. The quantitative estimate of drug-likeness (QED) is 0.728. The molecule has 1 aromatic heterocycles. The Balaban J connectivity index is 1.95. The molecule has 17 heavy (non-hydrogen) atoms. The van der Waals surface area contributed by atoms with E-state index in [0.29, 0.717) is 17.4 Å². The number of amides is 1. The van der Waals surface area contributed by atoms with E-state index in [-0.39, 0.29) is 11.9 Å². The van der Waals surface area contributed by atoms with Gasteiger partial charge in [0.25, 0.3) is 5.91 Å². The van der Waals surface area contributed by atoms with Gasteiger partial charge in [-0.25, -0.2) is 0 Å². The normalized spacial score (nSPS) is 28.9. The van der Waals surface area contributed by atoms with Gasteiger partial charge in [0.15, 0.2) is 0 Å². The average Bonchev–Trinajstić information content (AvgIpc) is 2.69. The summed E-state index contributed by atoms with van der Waals surface area (Å²) in [6, 6.07) is 1.83. The third-order valence-corrected chi connectivity index (χ3v) is 3.59. The van der Waals surface area contributed by atoms with Gasteiger partial charge < -0.3 is 11.1 Å². The Labute approximate surface area is 101 Å². The summed E-state index contributed by atoms with van der Waals surface area (Å²) in [5, 5.41) is 9.44. The fraction of sp³-hybridized carbons (Fsp3) is 0.667. The van der Waals surface area contributed by atoms with E-state index in [4.69, 9.17) is 5.73 Å². The van der Waals surface area contributed by atoms with Crippen molar-refractivity contribution < 1.29 is 4.79 Å². The highest BCUT2D eigenvalue weighted by atomic mass is 16.2. The van der Waals surface area contributed by atoms with E-state index in [0.717, 1.165) is 12.3 Å². The predicted molar refractivity (Wildman–Crippen MR) is 66.4 cm³/mol. The van der Waals surface area contributed by atoms with E-state index in [1.807, 2.05) is 0 Å². The molecule has 1 aromatic rings. The molecule has 3 unspecified atom stereocenters. The molecule has 0 saturated heterocycles. The number of rotatable bonds is 2. The number of hydrogen-bond donors (Lipinski definition) is 3. The fourth-order valence-electron chi connectivity index (χ4n) is 2.58. The maximum absolute atomic E-state index is 11.9. The van der Waals surface area contributed by atoms with E-state index in [1.165, 1.54) is 12.8 Å². The van der Waals surface area contributed by atoms with Gasteiger partial charge in [-0.15, -0.1) is 0 Å². The highest BCUT2D eigenvalue weighted by Crippen LogP contribution is 2.28. The van der Waals surface area contributed by atoms with Crippen LogP contribution in [0.15, 0.2) is 6.07 Å². The van der Waals surface area contributed by atoms with Crippen molar-refractivity contribution >= 4 is 11.7 Å². The fourth-order valence-corrected chi connectivity index (χ4v) is 2.58. The van der Waals surface area contributed by atoms with Crippen molar-refractivity contribution in [3.8, 4) is 0 Å². The van der Waals surface area contributed by atoms with Crippen LogP contribution in [0.3, 0.4) is 0 Å². The van der Waals surface area contributed by atoms with Crippen molar-refractivity contribution in [2.45, 2.75) is 39.2 Å². The second-order valence-electron chi connectivity index (χ2n) is 5.18. The molecule has 94 valence electrons. The molecule has 0 spiro atoms. The number of nitrogens with zero attached hydrogens (tertiary/aromatic N) is 1. The minimum Gasteiger partial charge on any atom is -0.382 e. The summed E-state index contributed by atoms with van der Waals surface area (Å²) in [5.74, 6) is 1.53. The maximum atomic E-state index is 11.9. The van der Waals surface area contributed by atoms with Gasteiger partial charge in [-0.05, 0) is 31.1 Å². The summed E-state index contributed by atoms with van der Waals surface area (Å²) in [7, 11) is 0. The van der Waals surface area contributed by atoms with Crippen molar-refractivity contribution in [2.24, 2.45) is 11.8 Å². The Morgan fingerprint density at radius 1 is 1.53 bits per heavy atom. The van der Waals surface area contributed by atoms with E-state index in [9.17, 15) is 4.79 Å². The molecule has 0 bridgehead atoms. The summed E-state index contributed by atoms with van der Waals surface area (Å²) < 4.78 is 0. The van der Waals surface area contributed by atoms with Gasteiger partial charge in [0, 0.05) is 12.1 Å². The summed E-state index contributed by atoms with van der Waals surface area (Å²) in [4.78, 5) is 11.9. The lowest BCUT2D eigenvalue weighted by Gasteiger charge is -2.32. The zero-order chi connectivity index (χ0) is 12.4. The van der Waals surface area contributed by atoms with E-state index in [2.05, 4.69) is 29.4 Å². The van der Waals surface area contributed by atoms with Crippen LogP contribution >= 0.6 is 0 Å². The monoisotopic (exact) mass is 236 g/mol. The van der Waals surface area contributed by atoms with Gasteiger partial charge in [-0.3, -0.25) is 9.89 Å². The van der Waals surface area contributed by atoms with Crippen LogP contribution in [0.25, 0.3) is 0 Å². The summed E-state index contributed by atoms with van der Waals surface area (Å²) in [5.41, 5.74) is 5.91. The number of hydrogen-bond acceptors (Lipinski definition) is 3. The van der Waals surface area contributed by atoms with Crippen molar-refractivity contribution in [2.75, 3.05) is 5.73 Å². The van der Waals surface area contributed by atoms with E-state index < -0.39 is 0 Å². The van der Waals surface area contributed by atoms with Crippen LogP contribution in [0.4, 0.5) is 5.82 Å². The summed E-state index contributed by atoms with van der Waals surface area (Å²) in [6.45, 7) is 4.46. The highest BCUT2D eigenvalue weighted by Gasteiger charge is 2.27. The Kier molecular flexibility index (Phi) is 3.36. The molecule has 1 heterocycles. The third-order valence-electron chi connectivity index (χ3n) is 3.59. The zero-order valence-corrected chi connectivity index (χ0v) is 10.4. The average molecular weight is 236 g/mol. The molecule has 2 rings (SSSR count). The predicted octanol–water partition coefficient (Wildman–Crippen LogP) is 1.55. The van der Waals surface area contributed by atoms with Crippen LogP contribution in [-0.4, -0.2) is 22.1 Å². The van der Waals surface area contributed by atoms with Crippen LogP contribution in [-0.2, 0) is 0 Å². The molecule has 0 radical (unpaired) electrons. The lowest BCUT2D eigenvalue weighted by molar-refractivity contribution is 0.0894. The standard InChI is InChI=1S/C12H20N4O/c1-7-3-4-9(8(2)5-7)14-12(17)10-6-11(13)16-15-10/h6-9H,3-5H2,1-2H3,(H,14,17)(H3,13,15,16). The second-order valence-corrected chi connectivity index (χ2v) is 5.18. The van der Waals surface area contributed by atoms with Crippen LogP contribution in [0, 0.1) is 11.8 Å². The van der Waals surface area contributed by atoms with Crippen molar-refractivity contribution in [3.63, 3.8) is 0 Å². The number of nitrogen functional groups attached to an aromatic ring is 1. The number of anilines is 1. The molecule has 1 aliphatic rings. The van der Waals surface area contributed by atoms with Gasteiger partial charge >= 0.3 is 0 Å². The van der Waals surface area contributed by atoms with E-state index in [1.54, 1.807) is 6.07 Å². The Morgan fingerprint density at radius 2 is 2.29 bits per heavy atom. The highest BCUT2D eigenvalue weighted by molar-refractivity contribution is 5.93. The van der Waals surface area contributed by atoms with Crippen LogP contribution in [0.2, 0.25) is 0 Å². The topological polar surface area (TPSA) is 83.8 Å². The first kappa shape index (κ1) is 12.0.